The van der Waals surface area contributed by atoms with E-state index in [1.165, 1.54) is 16.8 Å². The number of anilines is 1. The molecule has 0 amide bonds. The van der Waals surface area contributed by atoms with Gasteiger partial charge in [-0.3, -0.25) is 0 Å². The fourth-order valence-electron chi connectivity index (χ4n) is 2.28. The van der Waals surface area contributed by atoms with Gasteiger partial charge in [0.2, 0.25) is 0 Å². The van der Waals surface area contributed by atoms with E-state index in [4.69, 9.17) is 10.2 Å². The first-order chi connectivity index (χ1) is 9.13. The number of para-hydroxylation sites is 1. The lowest BCUT2D eigenvalue weighted by atomic mass is 10.0. The van der Waals surface area contributed by atoms with Gasteiger partial charge in [-0.25, -0.2) is 0 Å². The molecule has 1 atom stereocenters. The summed E-state index contributed by atoms with van der Waals surface area (Å²) in [5, 5.41) is 0. The average Bonchev–Trinajstić information content (AvgIpc) is 2.83. The van der Waals surface area contributed by atoms with Crippen molar-refractivity contribution in [2.75, 3.05) is 11.9 Å². The van der Waals surface area contributed by atoms with Crippen molar-refractivity contribution in [1.29, 1.82) is 0 Å². The smallest absolute Gasteiger partial charge is 0.105 e. The molecule has 0 aliphatic rings. The maximum Gasteiger partial charge on any atom is 0.105 e. The minimum absolute atomic E-state index is 0.0871. The second-order valence-corrected chi connectivity index (χ2v) is 4.93. The number of benzene rings is 1. The molecule has 3 heteroatoms. The molecule has 0 saturated carbocycles. The predicted molar refractivity (Wildman–Crippen MR) is 79.2 cm³/mol. The summed E-state index contributed by atoms with van der Waals surface area (Å²) in [6, 6.07) is 10.5. The van der Waals surface area contributed by atoms with E-state index < -0.39 is 0 Å². The largest absolute Gasteiger partial charge is 0.469 e. The third-order valence-electron chi connectivity index (χ3n) is 3.56. The number of hydrogen-bond acceptors (Lipinski definition) is 3. The number of nitrogens with two attached hydrogens (primary N) is 1. The molecule has 0 spiro atoms. The molecule has 2 aromatic rings. The monoisotopic (exact) mass is 258 g/mol. The van der Waals surface area contributed by atoms with Crippen LogP contribution >= 0.6 is 0 Å². The van der Waals surface area contributed by atoms with Gasteiger partial charge in [0.15, 0.2) is 0 Å². The molecule has 1 heterocycles. The fraction of sp³-hybridized carbons (Fsp3) is 0.375. The van der Waals surface area contributed by atoms with Crippen LogP contribution in [0.25, 0.3) is 0 Å². The molecule has 0 radical (unpaired) electrons. The highest BCUT2D eigenvalue weighted by atomic mass is 16.3. The molecule has 3 nitrogen and oxygen atoms in total. The number of aryl methyl sites for hydroxylation is 1. The minimum Gasteiger partial charge on any atom is -0.469 e. The molecule has 1 unspecified atom stereocenters. The molecule has 19 heavy (non-hydrogen) atoms. The quantitative estimate of drug-likeness (QED) is 0.890. The van der Waals surface area contributed by atoms with Crippen LogP contribution in [0.2, 0.25) is 0 Å². The zero-order valence-corrected chi connectivity index (χ0v) is 11.9. The summed E-state index contributed by atoms with van der Waals surface area (Å²) in [4.78, 5) is 2.22. The number of furan rings is 1. The van der Waals surface area contributed by atoms with E-state index >= 15 is 0 Å². The van der Waals surface area contributed by atoms with Crippen LogP contribution in [-0.2, 0) is 6.54 Å². The van der Waals surface area contributed by atoms with Crippen molar-refractivity contribution in [3.05, 3.63) is 53.5 Å². The Balaban J connectivity index is 2.24. The van der Waals surface area contributed by atoms with Gasteiger partial charge in [-0.15, -0.1) is 0 Å². The fourth-order valence-corrected chi connectivity index (χ4v) is 2.28. The number of nitrogens with zero attached hydrogens (tertiary/aromatic N) is 1. The first-order valence-electron chi connectivity index (χ1n) is 6.72. The number of hydrogen-bond donors (Lipinski definition) is 1. The zero-order valence-electron chi connectivity index (χ0n) is 11.9. The SMILES string of the molecule is CCC(N)c1ccccc1N(C)Cc1ccoc1C. The molecule has 0 bridgehead atoms. The Morgan fingerprint density at radius 3 is 2.63 bits per heavy atom. The van der Waals surface area contributed by atoms with Gasteiger partial charge in [0.25, 0.3) is 0 Å². The van der Waals surface area contributed by atoms with Crippen LogP contribution in [0.3, 0.4) is 0 Å². The third-order valence-corrected chi connectivity index (χ3v) is 3.56. The minimum atomic E-state index is 0.0871. The second-order valence-electron chi connectivity index (χ2n) is 4.93. The predicted octanol–water partition coefficient (Wildman–Crippen LogP) is 3.63. The molecule has 0 aliphatic carbocycles. The summed E-state index contributed by atoms with van der Waals surface area (Å²) in [5.74, 6) is 0.976. The Morgan fingerprint density at radius 1 is 1.26 bits per heavy atom. The van der Waals surface area contributed by atoms with Crippen molar-refractivity contribution >= 4 is 5.69 Å². The summed E-state index contributed by atoms with van der Waals surface area (Å²) >= 11 is 0. The lowest BCUT2D eigenvalue weighted by Gasteiger charge is -2.24. The van der Waals surface area contributed by atoms with E-state index in [2.05, 4.69) is 37.1 Å². The van der Waals surface area contributed by atoms with Crippen LogP contribution < -0.4 is 10.6 Å². The first kappa shape index (κ1) is 13.7. The Labute approximate surface area is 115 Å². The Hall–Kier alpha value is -1.74. The molecule has 2 N–H and O–H groups in total. The van der Waals surface area contributed by atoms with E-state index in [1.807, 2.05) is 19.1 Å². The van der Waals surface area contributed by atoms with Crippen LogP contribution in [0.15, 0.2) is 41.0 Å². The third kappa shape index (κ3) is 2.99. The lowest BCUT2D eigenvalue weighted by Crippen LogP contribution is -2.21. The van der Waals surface area contributed by atoms with Crippen LogP contribution in [0.4, 0.5) is 5.69 Å². The van der Waals surface area contributed by atoms with E-state index in [1.54, 1.807) is 6.26 Å². The highest BCUT2D eigenvalue weighted by molar-refractivity contribution is 5.54. The van der Waals surface area contributed by atoms with Crippen molar-refractivity contribution < 1.29 is 4.42 Å². The van der Waals surface area contributed by atoms with Gasteiger partial charge >= 0.3 is 0 Å². The summed E-state index contributed by atoms with van der Waals surface area (Å²) in [6.45, 7) is 4.93. The molecule has 102 valence electrons. The van der Waals surface area contributed by atoms with Gasteiger partial charge in [0, 0.05) is 30.9 Å². The highest BCUT2D eigenvalue weighted by Gasteiger charge is 2.13. The highest BCUT2D eigenvalue weighted by Crippen LogP contribution is 2.27. The molecule has 1 aromatic heterocycles. The average molecular weight is 258 g/mol. The summed E-state index contributed by atoms with van der Waals surface area (Å²) in [6.07, 6.45) is 2.68. The molecule has 0 fully saturated rings. The second kappa shape index (κ2) is 5.93. The van der Waals surface area contributed by atoms with Crippen LogP contribution in [0.5, 0.6) is 0 Å². The number of rotatable bonds is 5. The molecular weight excluding hydrogens is 236 g/mol. The van der Waals surface area contributed by atoms with E-state index in [-0.39, 0.29) is 6.04 Å². The van der Waals surface area contributed by atoms with Crippen molar-refractivity contribution in [2.24, 2.45) is 5.73 Å². The topological polar surface area (TPSA) is 42.4 Å². The molecule has 1 aromatic carbocycles. The van der Waals surface area contributed by atoms with E-state index in [0.717, 1.165) is 18.7 Å². The Kier molecular flexibility index (Phi) is 4.27. The zero-order chi connectivity index (χ0) is 13.8. The standard InChI is InChI=1S/C16H22N2O/c1-4-15(17)14-7-5-6-8-16(14)18(3)11-13-9-10-19-12(13)2/h5-10,15H,4,11,17H2,1-3H3. The van der Waals surface area contributed by atoms with Gasteiger partial charge in [-0.05, 0) is 31.0 Å². The first-order valence-corrected chi connectivity index (χ1v) is 6.72. The van der Waals surface area contributed by atoms with Gasteiger partial charge in [0.1, 0.15) is 5.76 Å². The van der Waals surface area contributed by atoms with E-state index in [9.17, 15) is 0 Å². The van der Waals surface area contributed by atoms with Gasteiger partial charge in [-0.1, -0.05) is 25.1 Å². The van der Waals surface area contributed by atoms with Crippen molar-refractivity contribution in [2.45, 2.75) is 32.9 Å². The maximum atomic E-state index is 6.19. The summed E-state index contributed by atoms with van der Waals surface area (Å²) in [7, 11) is 2.09. The Bertz CT molecular complexity index is 533. The Morgan fingerprint density at radius 2 is 2.00 bits per heavy atom. The maximum absolute atomic E-state index is 6.19. The van der Waals surface area contributed by atoms with E-state index in [0.29, 0.717) is 0 Å². The lowest BCUT2D eigenvalue weighted by molar-refractivity contribution is 0.529. The normalized spacial score (nSPS) is 12.4. The summed E-state index contributed by atoms with van der Waals surface area (Å²) in [5.41, 5.74) is 9.80. The van der Waals surface area contributed by atoms with Gasteiger partial charge in [0.05, 0.1) is 6.26 Å². The molecule has 2 rings (SSSR count). The van der Waals surface area contributed by atoms with Crippen LogP contribution in [0.1, 0.15) is 36.3 Å². The molecule has 0 aliphatic heterocycles. The van der Waals surface area contributed by atoms with Gasteiger partial charge < -0.3 is 15.1 Å². The van der Waals surface area contributed by atoms with Crippen molar-refractivity contribution in [3.63, 3.8) is 0 Å². The van der Waals surface area contributed by atoms with Gasteiger partial charge in [-0.2, -0.15) is 0 Å². The molecular formula is C16H22N2O. The van der Waals surface area contributed by atoms with Crippen LogP contribution in [0, 0.1) is 6.92 Å². The van der Waals surface area contributed by atoms with Crippen LogP contribution in [-0.4, -0.2) is 7.05 Å². The van der Waals surface area contributed by atoms with Crippen molar-refractivity contribution in [3.8, 4) is 0 Å². The van der Waals surface area contributed by atoms with Crippen molar-refractivity contribution in [1.82, 2.24) is 0 Å². The summed E-state index contributed by atoms with van der Waals surface area (Å²) < 4.78 is 5.35. The molecule has 0 saturated heterocycles.